The lowest BCUT2D eigenvalue weighted by molar-refractivity contribution is 0.395. The van der Waals surface area contributed by atoms with E-state index >= 15 is 0 Å². The number of aryl methyl sites for hydroxylation is 1. The normalized spacial score (nSPS) is 21.5. The molecule has 1 aliphatic carbocycles. The third-order valence-electron chi connectivity index (χ3n) is 3.19. The highest BCUT2D eigenvalue weighted by atomic mass is 32.1. The molecular formula is C11H17NS. The first-order valence-corrected chi connectivity index (χ1v) is 5.76. The smallest absolute Gasteiger partial charge is 0.0469 e. The van der Waals surface area contributed by atoms with Crippen molar-refractivity contribution in [2.75, 3.05) is 7.05 Å². The summed E-state index contributed by atoms with van der Waals surface area (Å²) < 4.78 is 0. The molecule has 0 aliphatic heterocycles. The average Bonchev–Trinajstić information content (AvgIpc) is 2.69. The van der Waals surface area contributed by atoms with Gasteiger partial charge in [0.2, 0.25) is 0 Å². The minimum Gasteiger partial charge on any atom is -0.312 e. The molecule has 1 fully saturated rings. The van der Waals surface area contributed by atoms with Gasteiger partial charge in [0.05, 0.1) is 0 Å². The van der Waals surface area contributed by atoms with Crippen molar-refractivity contribution in [2.24, 2.45) is 5.41 Å². The predicted molar refractivity (Wildman–Crippen MR) is 58.2 cm³/mol. The Kier molecular flexibility index (Phi) is 2.20. The van der Waals surface area contributed by atoms with Crippen LogP contribution in [0, 0.1) is 12.3 Å². The second kappa shape index (κ2) is 3.10. The van der Waals surface area contributed by atoms with E-state index in [1.165, 1.54) is 23.3 Å². The molecule has 2 rings (SSSR count). The molecule has 2 heteroatoms. The summed E-state index contributed by atoms with van der Waals surface area (Å²) >= 11 is 1.89. The topological polar surface area (TPSA) is 12.0 Å². The van der Waals surface area contributed by atoms with Gasteiger partial charge < -0.3 is 5.32 Å². The van der Waals surface area contributed by atoms with Crippen LogP contribution in [-0.2, 0) is 0 Å². The van der Waals surface area contributed by atoms with Gasteiger partial charge in [0.1, 0.15) is 0 Å². The molecule has 1 aromatic heterocycles. The lowest BCUT2D eigenvalue weighted by Gasteiger charge is -2.22. The quantitative estimate of drug-likeness (QED) is 0.781. The highest BCUT2D eigenvalue weighted by molar-refractivity contribution is 7.10. The van der Waals surface area contributed by atoms with E-state index in [2.05, 4.69) is 37.7 Å². The standard InChI is InChI=1S/C11H17NS/c1-8-4-7-13-9(8)10(12-3)11(2)5-6-11/h4,7,10,12H,5-6H2,1-3H3. The molecule has 0 aromatic carbocycles. The fourth-order valence-corrected chi connectivity index (χ4v) is 3.17. The second-order valence-electron chi connectivity index (χ2n) is 4.34. The fraction of sp³-hybridized carbons (Fsp3) is 0.636. The summed E-state index contributed by atoms with van der Waals surface area (Å²) in [5.74, 6) is 0. The molecule has 72 valence electrons. The van der Waals surface area contributed by atoms with E-state index in [1.54, 1.807) is 0 Å². The van der Waals surface area contributed by atoms with Gasteiger partial charge in [0.25, 0.3) is 0 Å². The lowest BCUT2D eigenvalue weighted by atomic mass is 9.96. The van der Waals surface area contributed by atoms with Crippen LogP contribution in [0.25, 0.3) is 0 Å². The van der Waals surface area contributed by atoms with Gasteiger partial charge in [-0.05, 0) is 49.2 Å². The number of hydrogen-bond donors (Lipinski definition) is 1. The average molecular weight is 195 g/mol. The maximum absolute atomic E-state index is 3.46. The van der Waals surface area contributed by atoms with Crippen molar-refractivity contribution in [1.82, 2.24) is 5.32 Å². The highest BCUT2D eigenvalue weighted by Crippen LogP contribution is 2.55. The second-order valence-corrected chi connectivity index (χ2v) is 5.29. The first kappa shape index (κ1) is 9.22. The van der Waals surface area contributed by atoms with Gasteiger partial charge in [-0.15, -0.1) is 11.3 Å². The monoisotopic (exact) mass is 195 g/mol. The Balaban J connectivity index is 2.27. The van der Waals surface area contributed by atoms with Crippen LogP contribution < -0.4 is 5.32 Å². The van der Waals surface area contributed by atoms with E-state index in [0.29, 0.717) is 11.5 Å². The summed E-state index contributed by atoms with van der Waals surface area (Å²) in [6.45, 7) is 4.59. The number of thiophene rings is 1. The molecule has 0 amide bonds. The molecular weight excluding hydrogens is 178 g/mol. The Morgan fingerprint density at radius 1 is 1.54 bits per heavy atom. The van der Waals surface area contributed by atoms with Gasteiger partial charge in [0.15, 0.2) is 0 Å². The van der Waals surface area contributed by atoms with Gasteiger partial charge in [-0.1, -0.05) is 6.92 Å². The number of rotatable bonds is 3. The maximum atomic E-state index is 3.46. The molecule has 1 N–H and O–H groups in total. The van der Waals surface area contributed by atoms with Crippen LogP contribution in [0.15, 0.2) is 11.4 Å². The van der Waals surface area contributed by atoms with Crippen LogP contribution in [0.3, 0.4) is 0 Å². The Hall–Kier alpha value is -0.340. The van der Waals surface area contributed by atoms with Gasteiger partial charge in [0, 0.05) is 10.9 Å². The molecule has 1 aromatic rings. The molecule has 0 spiro atoms. The van der Waals surface area contributed by atoms with Crippen molar-refractivity contribution in [2.45, 2.75) is 32.7 Å². The molecule has 1 heterocycles. The van der Waals surface area contributed by atoms with Crippen LogP contribution in [-0.4, -0.2) is 7.05 Å². The third kappa shape index (κ3) is 1.53. The zero-order chi connectivity index (χ0) is 9.47. The van der Waals surface area contributed by atoms with Crippen molar-refractivity contribution < 1.29 is 0 Å². The molecule has 1 saturated carbocycles. The van der Waals surface area contributed by atoms with Crippen molar-refractivity contribution >= 4 is 11.3 Å². The van der Waals surface area contributed by atoms with Crippen LogP contribution >= 0.6 is 11.3 Å². The summed E-state index contributed by atoms with van der Waals surface area (Å²) in [7, 11) is 2.08. The lowest BCUT2D eigenvalue weighted by Crippen LogP contribution is -2.24. The summed E-state index contributed by atoms with van der Waals surface area (Å²) in [5.41, 5.74) is 1.97. The Morgan fingerprint density at radius 3 is 2.62 bits per heavy atom. The van der Waals surface area contributed by atoms with Crippen LogP contribution in [0.1, 0.15) is 36.2 Å². The molecule has 1 unspecified atom stereocenters. The Labute approximate surface area is 84.2 Å². The van der Waals surface area contributed by atoms with Gasteiger partial charge >= 0.3 is 0 Å². The van der Waals surface area contributed by atoms with Crippen molar-refractivity contribution in [3.05, 3.63) is 21.9 Å². The van der Waals surface area contributed by atoms with Crippen molar-refractivity contribution in [3.63, 3.8) is 0 Å². The molecule has 1 nitrogen and oxygen atoms in total. The number of hydrogen-bond acceptors (Lipinski definition) is 2. The molecule has 0 saturated heterocycles. The zero-order valence-electron chi connectivity index (χ0n) is 8.55. The van der Waals surface area contributed by atoms with Crippen molar-refractivity contribution in [3.8, 4) is 0 Å². The Morgan fingerprint density at radius 2 is 2.23 bits per heavy atom. The van der Waals surface area contributed by atoms with E-state index in [4.69, 9.17) is 0 Å². The molecule has 13 heavy (non-hydrogen) atoms. The largest absolute Gasteiger partial charge is 0.312 e. The Bertz CT molecular complexity index is 299. The van der Waals surface area contributed by atoms with Crippen LogP contribution in [0.5, 0.6) is 0 Å². The van der Waals surface area contributed by atoms with Gasteiger partial charge in [-0.2, -0.15) is 0 Å². The number of nitrogens with one attached hydrogen (secondary N) is 1. The molecule has 0 bridgehead atoms. The molecule has 1 atom stereocenters. The zero-order valence-corrected chi connectivity index (χ0v) is 9.37. The third-order valence-corrected chi connectivity index (χ3v) is 4.27. The summed E-state index contributed by atoms with van der Waals surface area (Å²) in [5, 5.41) is 5.65. The van der Waals surface area contributed by atoms with Gasteiger partial charge in [-0.25, -0.2) is 0 Å². The van der Waals surface area contributed by atoms with Gasteiger partial charge in [-0.3, -0.25) is 0 Å². The van der Waals surface area contributed by atoms with Crippen LogP contribution in [0.4, 0.5) is 0 Å². The first-order valence-electron chi connectivity index (χ1n) is 4.88. The van der Waals surface area contributed by atoms with E-state index in [1.807, 2.05) is 11.3 Å². The van der Waals surface area contributed by atoms with E-state index in [9.17, 15) is 0 Å². The summed E-state index contributed by atoms with van der Waals surface area (Å²) in [6, 6.07) is 2.79. The maximum Gasteiger partial charge on any atom is 0.0469 e. The van der Waals surface area contributed by atoms with Crippen molar-refractivity contribution in [1.29, 1.82) is 0 Å². The predicted octanol–water partition coefficient (Wildman–Crippen LogP) is 3.12. The summed E-state index contributed by atoms with van der Waals surface area (Å²) in [4.78, 5) is 1.53. The fourth-order valence-electron chi connectivity index (χ4n) is 1.96. The first-order chi connectivity index (χ1) is 6.17. The molecule has 0 radical (unpaired) electrons. The van der Waals surface area contributed by atoms with E-state index < -0.39 is 0 Å². The minimum absolute atomic E-state index is 0.532. The van der Waals surface area contributed by atoms with E-state index in [0.717, 1.165) is 0 Å². The van der Waals surface area contributed by atoms with E-state index in [-0.39, 0.29) is 0 Å². The minimum atomic E-state index is 0.532. The summed E-state index contributed by atoms with van der Waals surface area (Å²) in [6.07, 6.45) is 2.74. The SMILES string of the molecule is CNC(c1sccc1C)C1(C)CC1. The highest BCUT2D eigenvalue weighted by Gasteiger charge is 2.45. The van der Waals surface area contributed by atoms with Crippen LogP contribution in [0.2, 0.25) is 0 Å². The molecule has 1 aliphatic rings.